The average molecular weight is 482 g/mol. The number of hydrogen-bond acceptors (Lipinski definition) is 3. The van der Waals surface area contributed by atoms with E-state index < -0.39 is 29.2 Å². The van der Waals surface area contributed by atoms with Gasteiger partial charge in [-0.05, 0) is 62.6 Å². The molecule has 1 amide bonds. The fraction of sp³-hybridized carbons (Fsp3) is 0.600. The quantitative estimate of drug-likeness (QED) is 0.383. The predicted octanol–water partition coefficient (Wildman–Crippen LogP) is 4.19. The van der Waals surface area contributed by atoms with E-state index in [1.807, 2.05) is 0 Å². The third-order valence-corrected chi connectivity index (χ3v) is 5.85. The van der Waals surface area contributed by atoms with E-state index in [-0.39, 0.29) is 35.2 Å². The van der Waals surface area contributed by atoms with Crippen molar-refractivity contribution in [2.45, 2.75) is 69.0 Å². The number of halogens is 6. The van der Waals surface area contributed by atoms with E-state index in [1.54, 1.807) is 0 Å². The topological polar surface area (TPSA) is 65.2 Å². The van der Waals surface area contributed by atoms with Crippen molar-refractivity contribution in [1.29, 1.82) is 0 Å². The number of rotatable bonds is 4. The second kappa shape index (κ2) is 9.82. The zero-order valence-corrected chi connectivity index (χ0v) is 17.8. The molecule has 0 unspecified atom stereocenters. The maximum absolute atomic E-state index is 13.1. The number of alkyl halides is 6. The molecule has 2 aliphatic rings. The molecule has 0 radical (unpaired) electrons. The van der Waals surface area contributed by atoms with Crippen LogP contribution in [0, 0.1) is 0 Å². The molecule has 1 saturated heterocycles. The van der Waals surface area contributed by atoms with Gasteiger partial charge in [-0.3, -0.25) is 4.79 Å². The average Bonchev–Trinajstić information content (AvgIpc) is 3.23. The fourth-order valence-electron chi connectivity index (χ4n) is 4.03. The van der Waals surface area contributed by atoms with Gasteiger partial charge in [0, 0.05) is 17.8 Å². The smallest absolute Gasteiger partial charge is 0.358 e. The number of hydrogen-bond donors (Lipinski definition) is 4. The molecule has 3 rings (SSSR count). The maximum atomic E-state index is 13.1. The molecule has 4 N–H and O–H groups in total. The van der Waals surface area contributed by atoms with Gasteiger partial charge in [0.1, 0.15) is 0 Å². The van der Waals surface area contributed by atoms with Gasteiger partial charge < -0.3 is 21.3 Å². The van der Waals surface area contributed by atoms with Gasteiger partial charge in [0.25, 0.3) is 0 Å². The van der Waals surface area contributed by atoms with E-state index in [1.165, 1.54) is 0 Å². The Morgan fingerprint density at radius 3 is 1.94 bits per heavy atom. The number of thiocarbonyl (C=S) groups is 1. The van der Waals surface area contributed by atoms with Crippen LogP contribution < -0.4 is 21.3 Å². The molecule has 5 nitrogen and oxygen atoms in total. The molecule has 32 heavy (non-hydrogen) atoms. The third kappa shape index (κ3) is 6.47. The van der Waals surface area contributed by atoms with Crippen LogP contribution in [0.3, 0.4) is 0 Å². The van der Waals surface area contributed by atoms with E-state index in [0.717, 1.165) is 32.2 Å². The number of anilines is 1. The first kappa shape index (κ1) is 24.6. The zero-order valence-electron chi connectivity index (χ0n) is 17.0. The molecule has 0 bridgehead atoms. The van der Waals surface area contributed by atoms with Gasteiger partial charge in [-0.15, -0.1) is 0 Å². The van der Waals surface area contributed by atoms with Crippen LogP contribution >= 0.6 is 12.2 Å². The number of nitrogens with one attached hydrogen (secondary N) is 4. The van der Waals surface area contributed by atoms with Crippen LogP contribution in [0.5, 0.6) is 0 Å². The largest absolute Gasteiger partial charge is 0.416 e. The minimum atomic E-state index is -4.94. The summed E-state index contributed by atoms with van der Waals surface area (Å²) in [4.78, 5) is 12.4. The molecule has 3 atom stereocenters. The number of benzene rings is 1. The summed E-state index contributed by atoms with van der Waals surface area (Å²) in [6.07, 6.45) is -5.13. The van der Waals surface area contributed by atoms with Gasteiger partial charge in [-0.2, -0.15) is 26.3 Å². The molecule has 1 saturated carbocycles. The lowest BCUT2D eigenvalue weighted by molar-refractivity contribution is -0.143. The van der Waals surface area contributed by atoms with Crippen molar-refractivity contribution in [1.82, 2.24) is 16.0 Å². The van der Waals surface area contributed by atoms with Crippen molar-refractivity contribution < 1.29 is 31.1 Å². The van der Waals surface area contributed by atoms with Crippen LogP contribution in [0.4, 0.5) is 32.0 Å². The molecule has 1 aromatic rings. The standard InChI is InChI=1S/C20H24F6N4OS/c21-19(22,23)11-8-12(20(24,25)26)10-13(9-11)28-18(32)30-15-5-2-1-4-14(15)29-17(31)16-6-3-7-27-16/h8-10,14-16,27H,1-7H2,(H,29,31)(H2,28,30,32)/t14-,15-,16-/m0/s1. The first-order valence-corrected chi connectivity index (χ1v) is 10.7. The SMILES string of the molecule is O=C(N[C@H]1CCCC[C@@H]1NC(=S)Nc1cc(C(F)(F)F)cc(C(F)(F)F)c1)[C@@H]1CCCN1. The van der Waals surface area contributed by atoms with Crippen molar-refractivity contribution in [3.8, 4) is 0 Å². The second-order valence-electron chi connectivity index (χ2n) is 8.05. The Kier molecular flexibility index (Phi) is 7.53. The van der Waals surface area contributed by atoms with Crippen LogP contribution in [0.15, 0.2) is 18.2 Å². The fourth-order valence-corrected chi connectivity index (χ4v) is 4.30. The summed E-state index contributed by atoms with van der Waals surface area (Å²) < 4.78 is 78.3. The third-order valence-electron chi connectivity index (χ3n) is 5.63. The Balaban J connectivity index is 1.68. The number of carbonyl (C=O) groups is 1. The normalized spacial score (nSPS) is 24.1. The van der Waals surface area contributed by atoms with Crippen molar-refractivity contribution in [3.05, 3.63) is 29.3 Å². The van der Waals surface area contributed by atoms with Crippen LogP contribution in [-0.4, -0.2) is 35.7 Å². The Morgan fingerprint density at radius 1 is 0.875 bits per heavy atom. The monoisotopic (exact) mass is 482 g/mol. The summed E-state index contributed by atoms with van der Waals surface area (Å²) in [5.74, 6) is -0.118. The molecule has 1 aliphatic carbocycles. The van der Waals surface area contributed by atoms with Crippen molar-refractivity contribution in [2.75, 3.05) is 11.9 Å². The molecular formula is C20H24F6N4OS. The summed E-state index contributed by atoms with van der Waals surface area (Å²) in [7, 11) is 0. The molecule has 1 aromatic carbocycles. The lowest BCUT2D eigenvalue weighted by Gasteiger charge is -2.34. The first-order valence-electron chi connectivity index (χ1n) is 10.3. The van der Waals surface area contributed by atoms with Crippen molar-refractivity contribution in [3.63, 3.8) is 0 Å². The lowest BCUT2D eigenvalue weighted by atomic mass is 9.90. The minimum Gasteiger partial charge on any atom is -0.358 e. The molecule has 178 valence electrons. The molecule has 0 spiro atoms. The number of amides is 1. The number of carbonyl (C=O) groups excluding carboxylic acids is 1. The predicted molar refractivity (Wildman–Crippen MR) is 111 cm³/mol. The summed E-state index contributed by atoms with van der Waals surface area (Å²) >= 11 is 5.15. The molecular weight excluding hydrogens is 458 g/mol. The summed E-state index contributed by atoms with van der Waals surface area (Å²) in [5.41, 5.74) is -3.27. The zero-order chi connectivity index (χ0) is 23.5. The Hall–Kier alpha value is -2.08. The van der Waals surface area contributed by atoms with Gasteiger partial charge in [0.15, 0.2) is 5.11 Å². The second-order valence-corrected chi connectivity index (χ2v) is 8.46. The van der Waals surface area contributed by atoms with E-state index in [9.17, 15) is 31.1 Å². The van der Waals surface area contributed by atoms with Gasteiger partial charge in [0.2, 0.25) is 5.91 Å². The van der Waals surface area contributed by atoms with Crippen molar-refractivity contribution >= 4 is 28.9 Å². The van der Waals surface area contributed by atoms with Crippen molar-refractivity contribution in [2.24, 2.45) is 0 Å². The molecule has 12 heteroatoms. The van der Waals surface area contributed by atoms with Gasteiger partial charge >= 0.3 is 12.4 Å². The molecule has 2 fully saturated rings. The van der Waals surface area contributed by atoms with E-state index in [4.69, 9.17) is 12.2 Å². The summed E-state index contributed by atoms with van der Waals surface area (Å²) in [5, 5.41) is 11.4. The van der Waals surface area contributed by atoms with Gasteiger partial charge in [0.05, 0.1) is 17.2 Å². The van der Waals surface area contributed by atoms with E-state index in [0.29, 0.717) is 25.0 Å². The highest BCUT2D eigenvalue weighted by Gasteiger charge is 2.37. The molecule has 1 heterocycles. The van der Waals surface area contributed by atoms with Gasteiger partial charge in [-0.1, -0.05) is 12.8 Å². The minimum absolute atomic E-state index is 0.0609. The molecule has 1 aliphatic heterocycles. The summed E-state index contributed by atoms with van der Waals surface area (Å²) in [6, 6.07) is 0.427. The Labute approximate surface area is 186 Å². The van der Waals surface area contributed by atoms with E-state index in [2.05, 4.69) is 21.3 Å². The van der Waals surface area contributed by atoms with Crippen LogP contribution in [0.25, 0.3) is 0 Å². The highest BCUT2D eigenvalue weighted by atomic mass is 32.1. The molecule has 0 aromatic heterocycles. The Bertz CT molecular complexity index is 806. The highest BCUT2D eigenvalue weighted by molar-refractivity contribution is 7.80. The lowest BCUT2D eigenvalue weighted by Crippen LogP contribution is -2.56. The van der Waals surface area contributed by atoms with Crippen LogP contribution in [0.2, 0.25) is 0 Å². The summed E-state index contributed by atoms with van der Waals surface area (Å²) in [6.45, 7) is 0.773. The van der Waals surface area contributed by atoms with E-state index >= 15 is 0 Å². The van der Waals surface area contributed by atoms with Crippen LogP contribution in [-0.2, 0) is 17.1 Å². The first-order chi connectivity index (χ1) is 14.9. The van der Waals surface area contributed by atoms with Gasteiger partial charge in [-0.25, -0.2) is 0 Å². The maximum Gasteiger partial charge on any atom is 0.416 e. The van der Waals surface area contributed by atoms with Crippen LogP contribution in [0.1, 0.15) is 49.7 Å². The Morgan fingerprint density at radius 2 is 1.44 bits per heavy atom. The highest BCUT2D eigenvalue weighted by Crippen LogP contribution is 2.37.